The Balaban J connectivity index is 1.77. The minimum absolute atomic E-state index is 0.0713. The fourth-order valence-electron chi connectivity index (χ4n) is 5.16. The van der Waals surface area contributed by atoms with Crippen molar-refractivity contribution in [1.82, 2.24) is 19.4 Å². The van der Waals surface area contributed by atoms with E-state index in [1.807, 2.05) is 49.0 Å². The van der Waals surface area contributed by atoms with Crippen molar-refractivity contribution in [2.75, 3.05) is 27.2 Å². The molecule has 0 fully saturated rings. The number of para-hydroxylation sites is 1. The molecule has 0 aliphatic heterocycles. The molecule has 0 spiro atoms. The summed E-state index contributed by atoms with van der Waals surface area (Å²) in [5.41, 5.74) is 0.886. The summed E-state index contributed by atoms with van der Waals surface area (Å²) in [5, 5.41) is 0.485. The van der Waals surface area contributed by atoms with E-state index in [9.17, 15) is 14.0 Å². The summed E-state index contributed by atoms with van der Waals surface area (Å²) < 4.78 is 15.3. The largest absolute Gasteiger partial charge is 0.331 e. The standard InChI is InChI=1S/C33H47FN4O2/c1-5-6-7-8-9-10-11-12-13-14-19-31(39)37(25-24-36(3)4)26(2)32-35-30-18-16-15-17-29(30)33(40)38(32)28-22-20-27(34)21-23-28/h15-18,20-23,26H,5-14,19,24-25H2,1-4H3. The molecule has 0 N–H and O–H groups in total. The van der Waals surface area contributed by atoms with Gasteiger partial charge in [-0.2, -0.15) is 0 Å². The van der Waals surface area contributed by atoms with E-state index in [1.54, 1.807) is 18.2 Å². The van der Waals surface area contributed by atoms with Gasteiger partial charge in [0.25, 0.3) is 5.56 Å². The highest BCUT2D eigenvalue weighted by atomic mass is 19.1. The van der Waals surface area contributed by atoms with E-state index in [1.165, 1.54) is 61.6 Å². The van der Waals surface area contributed by atoms with Crippen LogP contribution in [0.2, 0.25) is 0 Å². The van der Waals surface area contributed by atoms with Crippen molar-refractivity contribution in [3.8, 4) is 5.69 Å². The monoisotopic (exact) mass is 550 g/mol. The van der Waals surface area contributed by atoms with Gasteiger partial charge in [0.15, 0.2) is 0 Å². The third-order valence-electron chi connectivity index (χ3n) is 7.58. The number of fused-ring (bicyclic) bond motifs is 1. The van der Waals surface area contributed by atoms with Crippen molar-refractivity contribution in [3.05, 3.63) is 70.5 Å². The van der Waals surface area contributed by atoms with Crippen molar-refractivity contribution in [2.45, 2.75) is 90.5 Å². The lowest BCUT2D eigenvalue weighted by molar-refractivity contribution is -0.133. The molecule has 1 unspecified atom stereocenters. The van der Waals surface area contributed by atoms with Crippen LogP contribution in [0.1, 0.15) is 96.3 Å². The van der Waals surface area contributed by atoms with Gasteiger partial charge < -0.3 is 9.80 Å². The Hall–Kier alpha value is -3.06. The number of carbonyl (C=O) groups excluding carboxylic acids is 1. The summed E-state index contributed by atoms with van der Waals surface area (Å²) >= 11 is 0. The second kappa shape index (κ2) is 16.3. The number of benzene rings is 2. The maximum absolute atomic E-state index is 13.7. The van der Waals surface area contributed by atoms with Crippen molar-refractivity contribution < 1.29 is 9.18 Å². The molecule has 1 heterocycles. The predicted octanol–water partition coefficient (Wildman–Crippen LogP) is 7.29. The molecule has 218 valence electrons. The average Bonchev–Trinajstić information content (AvgIpc) is 2.94. The topological polar surface area (TPSA) is 58.4 Å². The molecule has 6 nitrogen and oxygen atoms in total. The first-order valence-corrected chi connectivity index (χ1v) is 15.0. The van der Waals surface area contributed by atoms with E-state index in [4.69, 9.17) is 4.98 Å². The second-order valence-electron chi connectivity index (χ2n) is 11.1. The Morgan fingerprint density at radius 3 is 2.10 bits per heavy atom. The number of carbonyl (C=O) groups is 1. The molecule has 7 heteroatoms. The van der Waals surface area contributed by atoms with Crippen molar-refractivity contribution in [1.29, 1.82) is 0 Å². The van der Waals surface area contributed by atoms with E-state index < -0.39 is 6.04 Å². The van der Waals surface area contributed by atoms with Gasteiger partial charge in [0.2, 0.25) is 5.91 Å². The zero-order chi connectivity index (χ0) is 28.9. The van der Waals surface area contributed by atoms with Gasteiger partial charge in [-0.3, -0.25) is 14.2 Å². The SMILES string of the molecule is CCCCCCCCCCCCC(=O)N(CCN(C)C)C(C)c1nc2ccccc2c(=O)n1-c1ccc(F)cc1. The molecule has 0 aliphatic rings. The molecule has 0 aliphatic carbocycles. The van der Waals surface area contributed by atoms with Crippen LogP contribution in [0.5, 0.6) is 0 Å². The van der Waals surface area contributed by atoms with Crippen LogP contribution in [0.4, 0.5) is 4.39 Å². The number of rotatable bonds is 17. The molecule has 0 saturated carbocycles. The van der Waals surface area contributed by atoms with E-state index >= 15 is 0 Å². The molecule has 1 amide bonds. The summed E-state index contributed by atoms with van der Waals surface area (Å²) in [4.78, 5) is 36.1. The fraction of sp³-hybridized carbons (Fsp3) is 0.545. The van der Waals surface area contributed by atoms with Gasteiger partial charge in [0.05, 0.1) is 22.6 Å². The van der Waals surface area contributed by atoms with Gasteiger partial charge in [0, 0.05) is 19.5 Å². The Morgan fingerprint density at radius 1 is 0.875 bits per heavy atom. The van der Waals surface area contributed by atoms with Gasteiger partial charge in [-0.05, 0) is 63.8 Å². The smallest absolute Gasteiger partial charge is 0.266 e. The van der Waals surface area contributed by atoms with E-state index in [0.29, 0.717) is 41.9 Å². The van der Waals surface area contributed by atoms with E-state index in [0.717, 1.165) is 19.3 Å². The summed E-state index contributed by atoms with van der Waals surface area (Å²) in [6.07, 6.45) is 12.6. The second-order valence-corrected chi connectivity index (χ2v) is 11.1. The highest BCUT2D eigenvalue weighted by molar-refractivity contribution is 5.79. The number of hydrogen-bond acceptors (Lipinski definition) is 4. The quantitative estimate of drug-likeness (QED) is 0.166. The van der Waals surface area contributed by atoms with Crippen LogP contribution in [0.15, 0.2) is 53.3 Å². The van der Waals surface area contributed by atoms with Crippen molar-refractivity contribution >= 4 is 16.8 Å². The number of amides is 1. The average molecular weight is 551 g/mol. The van der Waals surface area contributed by atoms with Gasteiger partial charge in [-0.15, -0.1) is 0 Å². The van der Waals surface area contributed by atoms with Crippen LogP contribution in [-0.2, 0) is 4.79 Å². The van der Waals surface area contributed by atoms with Gasteiger partial charge >= 0.3 is 0 Å². The highest BCUT2D eigenvalue weighted by Crippen LogP contribution is 2.24. The zero-order valence-electron chi connectivity index (χ0n) is 24.9. The highest BCUT2D eigenvalue weighted by Gasteiger charge is 2.26. The number of aromatic nitrogens is 2. The maximum Gasteiger partial charge on any atom is 0.266 e. The third-order valence-corrected chi connectivity index (χ3v) is 7.58. The minimum atomic E-state index is -0.446. The normalized spacial score (nSPS) is 12.2. The number of nitrogens with zero attached hydrogens (tertiary/aromatic N) is 4. The van der Waals surface area contributed by atoms with Crippen molar-refractivity contribution in [3.63, 3.8) is 0 Å². The molecule has 1 atom stereocenters. The summed E-state index contributed by atoms with van der Waals surface area (Å²) in [6, 6.07) is 12.6. The fourth-order valence-corrected chi connectivity index (χ4v) is 5.16. The van der Waals surface area contributed by atoms with E-state index in [-0.39, 0.29) is 17.3 Å². The van der Waals surface area contributed by atoms with Crippen molar-refractivity contribution in [2.24, 2.45) is 0 Å². The molecular formula is C33H47FN4O2. The Labute approximate surface area is 239 Å². The number of likely N-dealkylation sites (N-methyl/N-ethyl adjacent to an activating group) is 1. The Kier molecular flexibility index (Phi) is 12.8. The first-order chi connectivity index (χ1) is 19.3. The number of halogens is 1. The Morgan fingerprint density at radius 2 is 1.48 bits per heavy atom. The van der Waals surface area contributed by atoms with Crippen LogP contribution in [0.3, 0.4) is 0 Å². The van der Waals surface area contributed by atoms with Crippen LogP contribution in [0.25, 0.3) is 16.6 Å². The predicted molar refractivity (Wildman–Crippen MR) is 162 cm³/mol. The van der Waals surface area contributed by atoms with Crippen LogP contribution in [0, 0.1) is 5.82 Å². The zero-order valence-corrected chi connectivity index (χ0v) is 24.9. The molecule has 0 bridgehead atoms. The Bertz CT molecular complexity index is 1260. The lowest BCUT2D eigenvalue weighted by Gasteiger charge is -2.31. The summed E-state index contributed by atoms with van der Waals surface area (Å²) in [7, 11) is 3.97. The maximum atomic E-state index is 13.7. The lowest BCUT2D eigenvalue weighted by Crippen LogP contribution is -2.40. The molecule has 2 aromatic carbocycles. The molecule has 0 saturated heterocycles. The van der Waals surface area contributed by atoms with Crippen LogP contribution in [-0.4, -0.2) is 52.4 Å². The van der Waals surface area contributed by atoms with Crippen LogP contribution >= 0.6 is 0 Å². The molecule has 0 radical (unpaired) electrons. The first-order valence-electron chi connectivity index (χ1n) is 15.0. The molecule has 3 rings (SSSR count). The van der Waals surface area contributed by atoms with Gasteiger partial charge in [-0.1, -0.05) is 76.8 Å². The minimum Gasteiger partial charge on any atom is -0.331 e. The van der Waals surface area contributed by atoms with Gasteiger partial charge in [-0.25, -0.2) is 9.37 Å². The molecule has 1 aromatic heterocycles. The first kappa shape index (κ1) is 31.5. The summed E-state index contributed by atoms with van der Waals surface area (Å²) in [6.45, 7) is 5.40. The lowest BCUT2D eigenvalue weighted by atomic mass is 10.1. The molecular weight excluding hydrogens is 503 g/mol. The third kappa shape index (κ3) is 8.98. The number of hydrogen-bond donors (Lipinski definition) is 0. The summed E-state index contributed by atoms with van der Waals surface area (Å²) in [5.74, 6) is 0.173. The molecule has 3 aromatic rings. The number of unbranched alkanes of at least 4 members (excludes halogenated alkanes) is 9. The van der Waals surface area contributed by atoms with Crippen LogP contribution < -0.4 is 5.56 Å². The van der Waals surface area contributed by atoms with Gasteiger partial charge in [0.1, 0.15) is 11.6 Å². The van der Waals surface area contributed by atoms with E-state index in [2.05, 4.69) is 6.92 Å². The molecule has 40 heavy (non-hydrogen) atoms.